The number of para-hydroxylation sites is 3. The van der Waals surface area contributed by atoms with Gasteiger partial charge in [-0.25, -0.2) is 0 Å². The Kier molecular flexibility index (Phi) is 5.32. The van der Waals surface area contributed by atoms with E-state index in [0.29, 0.717) is 5.56 Å². The number of imidazole rings is 1. The van der Waals surface area contributed by atoms with Crippen LogP contribution in [0.1, 0.15) is 18.1 Å². The molecule has 1 heterocycles. The van der Waals surface area contributed by atoms with Crippen LogP contribution in [-0.4, -0.2) is 9.55 Å². The summed E-state index contributed by atoms with van der Waals surface area (Å²) < 4.78 is 2.10. The molecular formula is C22H16IrN3-. The minimum Gasteiger partial charge on any atom is -0.332 e. The molecular weight excluding hydrogens is 498 g/mol. The quantitative estimate of drug-likeness (QED) is 0.364. The zero-order valence-electron chi connectivity index (χ0n) is 14.2. The van der Waals surface area contributed by atoms with Crippen molar-refractivity contribution in [1.82, 2.24) is 9.55 Å². The molecule has 0 amide bonds. The predicted octanol–water partition coefficient (Wildman–Crippen LogP) is 4.92. The van der Waals surface area contributed by atoms with E-state index in [9.17, 15) is 5.26 Å². The second kappa shape index (κ2) is 7.66. The molecule has 0 spiro atoms. The third kappa shape index (κ3) is 2.97. The number of rotatable bonds is 3. The molecule has 0 aliphatic heterocycles. The molecule has 0 aliphatic carbocycles. The Bertz CT molecular complexity index is 1090. The maximum Gasteiger partial charge on any atom is 0.101 e. The molecule has 0 unspecified atom stereocenters. The van der Waals surface area contributed by atoms with Crippen LogP contribution in [0, 0.1) is 17.4 Å². The van der Waals surface area contributed by atoms with Crippen molar-refractivity contribution in [2.75, 3.05) is 0 Å². The Labute approximate surface area is 166 Å². The number of aromatic nitrogens is 2. The maximum atomic E-state index is 9.68. The van der Waals surface area contributed by atoms with Crippen molar-refractivity contribution in [1.29, 1.82) is 5.26 Å². The summed E-state index contributed by atoms with van der Waals surface area (Å²) in [5.74, 6) is 0.805. The molecule has 0 N–H and O–H groups in total. The van der Waals surface area contributed by atoms with Crippen molar-refractivity contribution in [3.63, 3.8) is 0 Å². The first kappa shape index (κ1) is 18.1. The molecule has 0 saturated carbocycles. The van der Waals surface area contributed by atoms with E-state index in [0.717, 1.165) is 40.1 Å². The van der Waals surface area contributed by atoms with Crippen LogP contribution in [0.25, 0.3) is 28.1 Å². The van der Waals surface area contributed by atoms with Crippen LogP contribution < -0.4 is 0 Å². The minimum absolute atomic E-state index is 0. The average molecular weight is 515 g/mol. The predicted molar refractivity (Wildman–Crippen MR) is 99.4 cm³/mol. The van der Waals surface area contributed by atoms with Gasteiger partial charge < -0.3 is 4.57 Å². The van der Waals surface area contributed by atoms with E-state index in [1.165, 1.54) is 0 Å². The van der Waals surface area contributed by atoms with Gasteiger partial charge in [0, 0.05) is 20.1 Å². The average Bonchev–Trinajstić information content (AvgIpc) is 3.07. The molecule has 0 aliphatic rings. The SMILES string of the molecule is CCc1cccc(C#N)c1-n1c(-c2[c-]cccc2)nc2ccccc21.[Ir]. The number of benzene rings is 3. The standard InChI is InChI=1S/C22H16N3.Ir/c1-2-16-11-8-12-18(15-23)21(16)25-20-14-7-6-13-19(20)24-22(25)17-9-4-3-5-10-17;/h3-9,11-14H,2H2,1H3;/q-1;. The summed E-state index contributed by atoms with van der Waals surface area (Å²) in [6, 6.07) is 27.3. The van der Waals surface area contributed by atoms with E-state index < -0.39 is 0 Å². The minimum atomic E-state index is 0. The van der Waals surface area contributed by atoms with Gasteiger partial charge in [-0.1, -0.05) is 31.2 Å². The summed E-state index contributed by atoms with van der Waals surface area (Å²) in [6.07, 6.45) is 0.843. The monoisotopic (exact) mass is 515 g/mol. The Morgan fingerprint density at radius 3 is 2.58 bits per heavy atom. The van der Waals surface area contributed by atoms with Crippen molar-refractivity contribution in [3.05, 3.63) is 83.9 Å². The van der Waals surface area contributed by atoms with Gasteiger partial charge in [0.2, 0.25) is 0 Å². The smallest absolute Gasteiger partial charge is 0.101 e. The zero-order valence-corrected chi connectivity index (χ0v) is 16.6. The summed E-state index contributed by atoms with van der Waals surface area (Å²) in [5, 5.41) is 9.68. The zero-order chi connectivity index (χ0) is 17.2. The van der Waals surface area contributed by atoms with Crippen LogP contribution in [0.5, 0.6) is 0 Å². The van der Waals surface area contributed by atoms with Crippen LogP contribution >= 0.6 is 0 Å². The number of fused-ring (bicyclic) bond motifs is 1. The van der Waals surface area contributed by atoms with E-state index in [1.807, 2.05) is 60.7 Å². The van der Waals surface area contributed by atoms with Crippen LogP contribution in [0.4, 0.5) is 0 Å². The third-order valence-electron chi connectivity index (χ3n) is 4.36. The van der Waals surface area contributed by atoms with Gasteiger partial charge in [0.25, 0.3) is 0 Å². The third-order valence-corrected chi connectivity index (χ3v) is 4.36. The number of nitrogens with zero attached hydrogens (tertiary/aromatic N) is 3. The molecule has 4 aromatic rings. The van der Waals surface area contributed by atoms with Gasteiger partial charge in [-0.15, -0.1) is 35.9 Å². The van der Waals surface area contributed by atoms with E-state index in [1.54, 1.807) is 0 Å². The Morgan fingerprint density at radius 2 is 1.85 bits per heavy atom. The van der Waals surface area contributed by atoms with Gasteiger partial charge >= 0.3 is 0 Å². The molecule has 1 aromatic heterocycles. The van der Waals surface area contributed by atoms with Gasteiger partial charge in [0.1, 0.15) is 6.07 Å². The van der Waals surface area contributed by atoms with Crippen LogP contribution in [-0.2, 0) is 26.5 Å². The van der Waals surface area contributed by atoms with Crippen molar-refractivity contribution >= 4 is 11.0 Å². The molecule has 0 bridgehead atoms. The van der Waals surface area contributed by atoms with Gasteiger partial charge in [-0.3, -0.25) is 4.98 Å². The fourth-order valence-corrected chi connectivity index (χ4v) is 3.20. The first-order chi connectivity index (χ1) is 12.3. The maximum absolute atomic E-state index is 9.68. The number of hydrogen-bond acceptors (Lipinski definition) is 2. The molecule has 3 nitrogen and oxygen atoms in total. The number of hydrogen-bond donors (Lipinski definition) is 0. The summed E-state index contributed by atoms with van der Waals surface area (Å²) in [6.45, 7) is 2.10. The first-order valence-corrected chi connectivity index (χ1v) is 8.30. The van der Waals surface area contributed by atoms with Crippen LogP contribution in [0.3, 0.4) is 0 Å². The summed E-state index contributed by atoms with van der Waals surface area (Å²) in [4.78, 5) is 4.83. The molecule has 0 atom stereocenters. The summed E-state index contributed by atoms with van der Waals surface area (Å²) >= 11 is 0. The second-order valence-corrected chi connectivity index (χ2v) is 5.81. The molecule has 0 fully saturated rings. The Morgan fingerprint density at radius 1 is 1.04 bits per heavy atom. The number of aryl methyl sites for hydroxylation is 1. The largest absolute Gasteiger partial charge is 0.332 e. The van der Waals surface area contributed by atoms with Gasteiger partial charge in [0.15, 0.2) is 0 Å². The molecule has 129 valence electrons. The van der Waals surface area contributed by atoms with Crippen molar-refractivity contribution in [3.8, 4) is 23.1 Å². The molecule has 1 radical (unpaired) electrons. The Balaban J connectivity index is 0.00000196. The summed E-state index contributed by atoms with van der Waals surface area (Å²) in [7, 11) is 0. The molecule has 0 saturated heterocycles. The van der Waals surface area contributed by atoms with E-state index >= 15 is 0 Å². The van der Waals surface area contributed by atoms with E-state index in [2.05, 4.69) is 29.7 Å². The van der Waals surface area contributed by atoms with Gasteiger partial charge in [-0.2, -0.15) is 5.26 Å². The summed E-state index contributed by atoms with van der Waals surface area (Å²) in [5.41, 5.74) is 5.50. The van der Waals surface area contributed by atoms with Crippen LogP contribution in [0.15, 0.2) is 66.7 Å². The fourth-order valence-electron chi connectivity index (χ4n) is 3.20. The van der Waals surface area contributed by atoms with Crippen LogP contribution in [0.2, 0.25) is 0 Å². The molecule has 3 aromatic carbocycles. The van der Waals surface area contributed by atoms with Gasteiger partial charge in [0.05, 0.1) is 28.1 Å². The van der Waals surface area contributed by atoms with E-state index in [4.69, 9.17) is 4.98 Å². The van der Waals surface area contributed by atoms with Crippen molar-refractivity contribution in [2.24, 2.45) is 0 Å². The van der Waals surface area contributed by atoms with Crippen molar-refractivity contribution < 1.29 is 20.1 Å². The Hall–Kier alpha value is -2.73. The molecule has 26 heavy (non-hydrogen) atoms. The van der Waals surface area contributed by atoms with E-state index in [-0.39, 0.29) is 20.1 Å². The second-order valence-electron chi connectivity index (χ2n) is 5.81. The van der Waals surface area contributed by atoms with Gasteiger partial charge in [-0.05, 0) is 30.2 Å². The first-order valence-electron chi connectivity index (χ1n) is 8.30. The normalized spacial score (nSPS) is 10.3. The topological polar surface area (TPSA) is 41.6 Å². The molecule has 4 heteroatoms. The van der Waals surface area contributed by atoms with Crippen molar-refractivity contribution in [2.45, 2.75) is 13.3 Å². The fraction of sp³-hybridized carbons (Fsp3) is 0.0909. The number of nitriles is 1. The molecule has 4 rings (SSSR count).